The van der Waals surface area contributed by atoms with E-state index in [9.17, 15) is 22.4 Å². The zero-order chi connectivity index (χ0) is 21.2. The number of thioether (sulfide) groups is 1. The van der Waals surface area contributed by atoms with Crippen LogP contribution in [0.4, 0.5) is 17.6 Å². The average Bonchev–Trinajstić information content (AvgIpc) is 3.02. The molecule has 3 heterocycles. The summed E-state index contributed by atoms with van der Waals surface area (Å²) in [6.45, 7) is 1.58. The summed E-state index contributed by atoms with van der Waals surface area (Å²) in [5.41, 5.74) is 0. The minimum atomic E-state index is -5.08. The molecule has 2 saturated heterocycles. The van der Waals surface area contributed by atoms with E-state index in [-0.39, 0.29) is 22.7 Å². The number of amides is 1. The topological polar surface area (TPSA) is 79.7 Å². The summed E-state index contributed by atoms with van der Waals surface area (Å²) in [5.74, 6) is -0.918. The number of alkyl halides is 4. The molecular weight excluding hydrogens is 416 g/mol. The molecule has 4 rings (SSSR count). The number of carbonyl (C=O) groups excluding carboxylic acids is 1. The zero-order valence-corrected chi connectivity index (χ0v) is 16.1. The van der Waals surface area contributed by atoms with Crippen LogP contribution in [-0.4, -0.2) is 68.9 Å². The Hall–Kier alpha value is -2.04. The van der Waals surface area contributed by atoms with E-state index < -0.39 is 18.3 Å². The van der Waals surface area contributed by atoms with E-state index in [1.165, 1.54) is 0 Å². The van der Waals surface area contributed by atoms with E-state index >= 15 is 0 Å². The van der Waals surface area contributed by atoms with E-state index in [4.69, 9.17) is 14.6 Å². The molecule has 1 spiro atoms. The van der Waals surface area contributed by atoms with Gasteiger partial charge in [-0.2, -0.15) is 13.2 Å². The molecule has 160 valence electrons. The minimum Gasteiger partial charge on any atom is -0.488 e. The molecule has 1 aromatic heterocycles. The van der Waals surface area contributed by atoms with Gasteiger partial charge in [-0.3, -0.25) is 9.78 Å². The van der Waals surface area contributed by atoms with Crippen LogP contribution < -0.4 is 4.74 Å². The number of likely N-dealkylation sites (tertiary alicyclic amines) is 1. The molecular formula is C18H20F4N2O4S. The van der Waals surface area contributed by atoms with Gasteiger partial charge in [0.05, 0.1) is 10.9 Å². The van der Waals surface area contributed by atoms with Crippen LogP contribution in [0.3, 0.4) is 0 Å². The van der Waals surface area contributed by atoms with Gasteiger partial charge in [0.25, 0.3) is 0 Å². The fraction of sp³-hybridized carbons (Fsp3) is 0.611. The number of carbonyl (C=O) groups is 2. The van der Waals surface area contributed by atoms with Crippen LogP contribution in [0.15, 0.2) is 24.5 Å². The maximum atomic E-state index is 12.9. The van der Waals surface area contributed by atoms with E-state index in [0.717, 1.165) is 31.0 Å². The van der Waals surface area contributed by atoms with Gasteiger partial charge >= 0.3 is 12.1 Å². The highest BCUT2D eigenvalue weighted by molar-refractivity contribution is 8.01. The van der Waals surface area contributed by atoms with Crippen molar-refractivity contribution in [3.8, 4) is 5.75 Å². The van der Waals surface area contributed by atoms with Crippen LogP contribution >= 0.6 is 11.8 Å². The SMILES string of the molecule is O=C(C1CC(F)C1)N1CC2(CC(Oc3cccnc3)CS2)C1.O=C(O)C(F)(F)F. The van der Waals surface area contributed by atoms with Crippen molar-refractivity contribution in [3.05, 3.63) is 24.5 Å². The lowest BCUT2D eigenvalue weighted by molar-refractivity contribution is -0.192. The summed E-state index contributed by atoms with van der Waals surface area (Å²) >= 11 is 1.90. The Balaban J connectivity index is 0.000000298. The molecule has 1 aliphatic carbocycles. The Morgan fingerprint density at radius 1 is 1.31 bits per heavy atom. The molecule has 2 aliphatic heterocycles. The lowest BCUT2D eigenvalue weighted by Gasteiger charge is -2.49. The summed E-state index contributed by atoms with van der Waals surface area (Å²) in [6, 6.07) is 3.79. The lowest BCUT2D eigenvalue weighted by atomic mass is 9.80. The van der Waals surface area contributed by atoms with Crippen molar-refractivity contribution in [1.29, 1.82) is 0 Å². The van der Waals surface area contributed by atoms with Crippen LogP contribution in [0.5, 0.6) is 5.75 Å². The molecule has 1 amide bonds. The van der Waals surface area contributed by atoms with Gasteiger partial charge in [-0.05, 0) is 25.0 Å². The van der Waals surface area contributed by atoms with Crippen molar-refractivity contribution < 1.29 is 37.0 Å². The second-order valence-electron chi connectivity index (χ2n) is 7.39. The summed E-state index contributed by atoms with van der Waals surface area (Å²) in [5, 5.41) is 7.12. The first-order valence-electron chi connectivity index (χ1n) is 9.01. The minimum absolute atomic E-state index is 0.0683. The molecule has 29 heavy (non-hydrogen) atoms. The number of aromatic nitrogens is 1. The highest BCUT2D eigenvalue weighted by atomic mass is 32.2. The largest absolute Gasteiger partial charge is 0.490 e. The normalized spacial score (nSPS) is 27.3. The molecule has 0 bridgehead atoms. The molecule has 0 radical (unpaired) electrons. The van der Waals surface area contributed by atoms with Gasteiger partial charge in [0.15, 0.2) is 0 Å². The van der Waals surface area contributed by atoms with Crippen molar-refractivity contribution >= 4 is 23.6 Å². The second kappa shape index (κ2) is 8.37. The molecule has 1 aromatic rings. The first kappa shape index (κ1) is 21.7. The monoisotopic (exact) mass is 436 g/mol. The summed E-state index contributed by atoms with van der Waals surface area (Å²) in [6.07, 6.45) is -0.393. The molecule has 1 saturated carbocycles. The number of pyridine rings is 1. The Bertz CT molecular complexity index is 737. The number of ether oxygens (including phenoxy) is 1. The third kappa shape index (κ3) is 5.31. The van der Waals surface area contributed by atoms with Crippen molar-refractivity contribution in [2.45, 2.75) is 42.5 Å². The predicted octanol–water partition coefficient (Wildman–Crippen LogP) is 2.93. The summed E-state index contributed by atoms with van der Waals surface area (Å²) < 4.78 is 50.7. The standard InChI is InChI=1S/C16H19FN2O2S.C2HF3O2/c17-12-4-11(5-12)15(20)19-9-16(10-19)6-14(8-22-16)21-13-2-1-3-18-7-13;3-2(4,5)1(6)7/h1-3,7,11-12,14H,4-6,8-10H2;(H,6,7). The Labute approximate surface area is 168 Å². The van der Waals surface area contributed by atoms with Gasteiger partial charge in [0.1, 0.15) is 18.0 Å². The van der Waals surface area contributed by atoms with Gasteiger partial charge < -0.3 is 14.7 Å². The smallest absolute Gasteiger partial charge is 0.488 e. The van der Waals surface area contributed by atoms with Crippen molar-refractivity contribution in [1.82, 2.24) is 9.88 Å². The first-order valence-corrected chi connectivity index (χ1v) is 10.0. The van der Waals surface area contributed by atoms with Crippen LogP contribution in [0.1, 0.15) is 19.3 Å². The van der Waals surface area contributed by atoms with Crippen LogP contribution in [0.25, 0.3) is 0 Å². The number of hydrogen-bond donors (Lipinski definition) is 1. The van der Waals surface area contributed by atoms with Gasteiger partial charge in [0, 0.05) is 37.4 Å². The third-order valence-electron chi connectivity index (χ3n) is 5.05. The van der Waals surface area contributed by atoms with E-state index in [2.05, 4.69) is 4.98 Å². The maximum Gasteiger partial charge on any atom is 0.490 e. The van der Waals surface area contributed by atoms with Crippen LogP contribution in [0.2, 0.25) is 0 Å². The van der Waals surface area contributed by atoms with Gasteiger partial charge in [0.2, 0.25) is 5.91 Å². The highest BCUT2D eigenvalue weighted by Gasteiger charge is 2.53. The number of nitrogens with zero attached hydrogens (tertiary/aromatic N) is 2. The maximum absolute atomic E-state index is 12.9. The molecule has 6 nitrogen and oxygen atoms in total. The van der Waals surface area contributed by atoms with E-state index in [0.29, 0.717) is 12.8 Å². The Morgan fingerprint density at radius 2 is 1.97 bits per heavy atom. The molecule has 11 heteroatoms. The predicted molar refractivity (Wildman–Crippen MR) is 96.3 cm³/mol. The Kier molecular flexibility index (Phi) is 6.25. The van der Waals surface area contributed by atoms with E-state index in [1.54, 1.807) is 12.4 Å². The quantitative estimate of drug-likeness (QED) is 0.734. The molecule has 3 aliphatic rings. The highest BCUT2D eigenvalue weighted by Crippen LogP contribution is 2.47. The molecule has 1 N–H and O–H groups in total. The van der Waals surface area contributed by atoms with Crippen molar-refractivity contribution in [3.63, 3.8) is 0 Å². The third-order valence-corrected chi connectivity index (χ3v) is 6.63. The fourth-order valence-corrected chi connectivity index (χ4v) is 5.04. The number of rotatable bonds is 3. The summed E-state index contributed by atoms with van der Waals surface area (Å²) in [7, 11) is 0. The number of carboxylic acids is 1. The van der Waals surface area contributed by atoms with Crippen LogP contribution in [-0.2, 0) is 9.59 Å². The number of aliphatic carboxylic acids is 1. The first-order chi connectivity index (χ1) is 13.6. The number of halogens is 4. The van der Waals surface area contributed by atoms with Gasteiger partial charge in [-0.1, -0.05) is 0 Å². The lowest BCUT2D eigenvalue weighted by Crippen LogP contribution is -2.62. The van der Waals surface area contributed by atoms with Gasteiger partial charge in [-0.15, -0.1) is 11.8 Å². The van der Waals surface area contributed by atoms with Crippen LogP contribution in [0, 0.1) is 5.92 Å². The number of hydrogen-bond acceptors (Lipinski definition) is 5. The van der Waals surface area contributed by atoms with Crippen molar-refractivity contribution in [2.75, 3.05) is 18.8 Å². The molecule has 1 unspecified atom stereocenters. The van der Waals surface area contributed by atoms with E-state index in [1.807, 2.05) is 28.8 Å². The molecule has 0 aromatic carbocycles. The van der Waals surface area contributed by atoms with Crippen molar-refractivity contribution in [2.24, 2.45) is 5.92 Å². The summed E-state index contributed by atoms with van der Waals surface area (Å²) in [4.78, 5) is 27.0. The average molecular weight is 436 g/mol. The number of carboxylic acid groups (broad SMARTS) is 1. The fourth-order valence-electron chi connectivity index (χ4n) is 3.52. The zero-order valence-electron chi connectivity index (χ0n) is 15.3. The van der Waals surface area contributed by atoms with Gasteiger partial charge in [-0.25, -0.2) is 9.18 Å². The molecule has 3 fully saturated rings. The second-order valence-corrected chi connectivity index (χ2v) is 8.88. The Morgan fingerprint density at radius 3 is 2.48 bits per heavy atom. The molecule has 1 atom stereocenters.